The molecule has 20 heavy (non-hydrogen) atoms. The normalized spacial score (nSPS) is 10.5. The van der Waals surface area contributed by atoms with Crippen molar-refractivity contribution in [3.05, 3.63) is 47.5 Å². The molecule has 2 N–H and O–H groups in total. The Morgan fingerprint density at radius 2 is 2.30 bits per heavy atom. The predicted molar refractivity (Wildman–Crippen MR) is 79.7 cm³/mol. The first-order valence-electron chi connectivity index (χ1n) is 6.45. The highest BCUT2D eigenvalue weighted by molar-refractivity contribution is 6.30. The van der Waals surface area contributed by atoms with Crippen molar-refractivity contribution in [1.82, 2.24) is 14.9 Å². The number of halogens is 1. The molecule has 0 saturated carbocycles. The summed E-state index contributed by atoms with van der Waals surface area (Å²) < 4.78 is 1.82. The molecule has 6 heteroatoms. The lowest BCUT2D eigenvalue weighted by Gasteiger charge is -2.09. The van der Waals surface area contributed by atoms with Crippen molar-refractivity contribution in [3.8, 4) is 0 Å². The number of hydrogen-bond donors (Lipinski definition) is 2. The predicted octanol–water partition coefficient (Wildman–Crippen LogP) is 2.28. The summed E-state index contributed by atoms with van der Waals surface area (Å²) in [5.41, 5.74) is 0.691. The van der Waals surface area contributed by atoms with Crippen LogP contribution < -0.4 is 10.6 Å². The van der Waals surface area contributed by atoms with E-state index in [1.807, 2.05) is 11.5 Å². The summed E-state index contributed by atoms with van der Waals surface area (Å²) in [5.74, 6) is 0.733. The Kier molecular flexibility index (Phi) is 5.15. The molecule has 2 aromatic rings. The molecule has 0 aliphatic heterocycles. The Morgan fingerprint density at radius 3 is 3.05 bits per heavy atom. The summed E-state index contributed by atoms with van der Waals surface area (Å²) in [6.45, 7) is 3.77. The first kappa shape index (κ1) is 14.6. The van der Waals surface area contributed by atoms with Gasteiger partial charge in [-0.2, -0.15) is 0 Å². The Morgan fingerprint density at radius 1 is 1.45 bits per heavy atom. The maximum atomic E-state index is 12.0. The highest BCUT2D eigenvalue weighted by Crippen LogP contribution is 2.14. The van der Waals surface area contributed by atoms with Crippen LogP contribution in [0.15, 0.2) is 36.7 Å². The van der Waals surface area contributed by atoms with Crippen molar-refractivity contribution in [3.63, 3.8) is 0 Å². The van der Waals surface area contributed by atoms with Crippen LogP contribution in [0.1, 0.15) is 12.7 Å². The van der Waals surface area contributed by atoms with Crippen LogP contribution in [0.2, 0.25) is 5.02 Å². The van der Waals surface area contributed by atoms with Crippen molar-refractivity contribution in [2.24, 2.45) is 0 Å². The van der Waals surface area contributed by atoms with Crippen LogP contribution in [0.5, 0.6) is 0 Å². The molecule has 0 unspecified atom stereocenters. The molecule has 0 fully saturated rings. The van der Waals surface area contributed by atoms with Crippen molar-refractivity contribution >= 4 is 23.2 Å². The number of amides is 1. The Hall–Kier alpha value is -1.85. The van der Waals surface area contributed by atoms with Crippen LogP contribution in [0.4, 0.5) is 5.69 Å². The molecular formula is C14H17ClN4O. The van der Waals surface area contributed by atoms with Crippen LogP contribution in [0, 0.1) is 0 Å². The number of carbonyl (C=O) groups is 1. The number of hydrogen-bond acceptors (Lipinski definition) is 3. The van der Waals surface area contributed by atoms with Crippen molar-refractivity contribution in [2.75, 3.05) is 11.9 Å². The van der Waals surface area contributed by atoms with Gasteiger partial charge < -0.3 is 15.2 Å². The van der Waals surface area contributed by atoms with Gasteiger partial charge in [0.05, 0.1) is 6.54 Å². The fraction of sp³-hybridized carbons (Fsp3) is 0.286. The molecule has 0 saturated heterocycles. The quantitative estimate of drug-likeness (QED) is 0.859. The van der Waals surface area contributed by atoms with Crippen molar-refractivity contribution < 1.29 is 4.79 Å². The van der Waals surface area contributed by atoms with Crippen LogP contribution in [-0.4, -0.2) is 22.0 Å². The van der Waals surface area contributed by atoms with E-state index in [0.29, 0.717) is 17.3 Å². The summed E-state index contributed by atoms with van der Waals surface area (Å²) in [4.78, 5) is 16.2. The van der Waals surface area contributed by atoms with Gasteiger partial charge in [0, 0.05) is 23.1 Å². The molecule has 0 spiro atoms. The van der Waals surface area contributed by atoms with Gasteiger partial charge in [-0.1, -0.05) is 24.6 Å². The lowest BCUT2D eigenvalue weighted by Crippen LogP contribution is -2.22. The smallest absolute Gasteiger partial charge is 0.244 e. The third-order valence-corrected chi connectivity index (χ3v) is 2.99. The number of benzene rings is 1. The van der Waals surface area contributed by atoms with Crippen LogP contribution in [-0.2, 0) is 17.9 Å². The number of nitrogens with zero attached hydrogens (tertiary/aromatic N) is 2. The average Bonchev–Trinajstić information content (AvgIpc) is 2.83. The highest BCUT2D eigenvalue weighted by atomic mass is 35.5. The molecule has 1 amide bonds. The molecule has 1 heterocycles. The molecule has 1 aromatic carbocycles. The molecule has 1 aromatic heterocycles. The topological polar surface area (TPSA) is 59.0 Å². The van der Waals surface area contributed by atoms with Gasteiger partial charge in [0.25, 0.3) is 0 Å². The zero-order chi connectivity index (χ0) is 14.4. The maximum absolute atomic E-state index is 12.0. The molecule has 0 aliphatic carbocycles. The van der Waals surface area contributed by atoms with Gasteiger partial charge in [-0.25, -0.2) is 4.98 Å². The fourth-order valence-corrected chi connectivity index (χ4v) is 2.00. The first-order valence-corrected chi connectivity index (χ1v) is 6.83. The second-order valence-corrected chi connectivity index (χ2v) is 4.75. The third-order valence-electron chi connectivity index (χ3n) is 2.76. The maximum Gasteiger partial charge on any atom is 0.244 e. The van der Waals surface area contributed by atoms with Gasteiger partial charge in [-0.15, -0.1) is 0 Å². The van der Waals surface area contributed by atoms with E-state index in [9.17, 15) is 4.79 Å². The molecule has 5 nitrogen and oxygen atoms in total. The van der Waals surface area contributed by atoms with Crippen LogP contribution in [0.3, 0.4) is 0 Å². The second-order valence-electron chi connectivity index (χ2n) is 4.31. The molecule has 2 rings (SSSR count). The highest BCUT2D eigenvalue weighted by Gasteiger charge is 2.07. The second kappa shape index (κ2) is 7.07. The van der Waals surface area contributed by atoms with E-state index in [4.69, 9.17) is 11.6 Å². The summed E-state index contributed by atoms with van der Waals surface area (Å²) in [6.07, 6.45) is 3.49. The van der Waals surface area contributed by atoms with Gasteiger partial charge in [-0.05, 0) is 24.7 Å². The number of aromatic nitrogens is 2. The fourth-order valence-electron chi connectivity index (χ4n) is 1.81. The Bertz CT molecular complexity index is 582. The van der Waals surface area contributed by atoms with E-state index in [-0.39, 0.29) is 12.5 Å². The monoisotopic (exact) mass is 292 g/mol. The van der Waals surface area contributed by atoms with Gasteiger partial charge in [0.2, 0.25) is 5.91 Å². The van der Waals surface area contributed by atoms with E-state index in [1.54, 1.807) is 36.7 Å². The van der Waals surface area contributed by atoms with E-state index < -0.39 is 0 Å². The van der Waals surface area contributed by atoms with E-state index in [0.717, 1.165) is 12.4 Å². The minimum absolute atomic E-state index is 0.108. The number of anilines is 1. The molecule has 0 atom stereocenters. The third kappa shape index (κ3) is 4.08. The largest absolute Gasteiger partial charge is 0.324 e. The van der Waals surface area contributed by atoms with E-state index in [1.165, 1.54) is 0 Å². The zero-order valence-electron chi connectivity index (χ0n) is 11.3. The number of imidazole rings is 1. The standard InChI is InChI=1S/C14H17ClN4O/c1-2-16-9-13-17-6-7-19(13)10-14(20)18-12-5-3-4-11(15)8-12/h3-8,16H,2,9-10H2,1H3,(H,18,20). The summed E-state index contributed by atoms with van der Waals surface area (Å²) >= 11 is 5.88. The van der Waals surface area contributed by atoms with E-state index >= 15 is 0 Å². The van der Waals surface area contributed by atoms with Crippen molar-refractivity contribution in [1.29, 1.82) is 0 Å². The van der Waals surface area contributed by atoms with Crippen LogP contribution in [0.25, 0.3) is 0 Å². The van der Waals surface area contributed by atoms with Crippen LogP contribution >= 0.6 is 11.6 Å². The number of nitrogens with one attached hydrogen (secondary N) is 2. The lowest BCUT2D eigenvalue weighted by atomic mass is 10.3. The molecule has 0 radical (unpaired) electrons. The average molecular weight is 293 g/mol. The number of carbonyl (C=O) groups excluding carboxylic acids is 1. The minimum Gasteiger partial charge on any atom is -0.324 e. The molecule has 0 aliphatic rings. The Balaban J connectivity index is 1.96. The van der Waals surface area contributed by atoms with Gasteiger partial charge in [-0.3, -0.25) is 4.79 Å². The minimum atomic E-state index is -0.108. The Labute approximate surface area is 123 Å². The molecular weight excluding hydrogens is 276 g/mol. The van der Waals surface area contributed by atoms with Crippen molar-refractivity contribution in [2.45, 2.75) is 20.0 Å². The molecule has 106 valence electrons. The summed E-state index contributed by atoms with van der Waals surface area (Å²) in [7, 11) is 0. The first-order chi connectivity index (χ1) is 9.69. The lowest BCUT2D eigenvalue weighted by molar-refractivity contribution is -0.116. The van der Waals surface area contributed by atoms with Gasteiger partial charge in [0.15, 0.2) is 0 Å². The zero-order valence-corrected chi connectivity index (χ0v) is 12.0. The van der Waals surface area contributed by atoms with Gasteiger partial charge in [0.1, 0.15) is 12.4 Å². The SMILES string of the molecule is CCNCc1nccn1CC(=O)Nc1cccc(Cl)c1. The number of rotatable bonds is 6. The summed E-state index contributed by atoms with van der Waals surface area (Å²) in [5, 5.41) is 6.60. The summed E-state index contributed by atoms with van der Waals surface area (Å²) in [6, 6.07) is 7.08. The molecule has 0 bridgehead atoms. The van der Waals surface area contributed by atoms with Gasteiger partial charge >= 0.3 is 0 Å². The van der Waals surface area contributed by atoms with E-state index in [2.05, 4.69) is 15.6 Å².